The van der Waals surface area contributed by atoms with Gasteiger partial charge in [-0.25, -0.2) is 0 Å². The van der Waals surface area contributed by atoms with Gasteiger partial charge in [0, 0.05) is 36.0 Å². The number of benzene rings is 2. The fourth-order valence-electron chi connectivity index (χ4n) is 4.07. The highest BCUT2D eigenvalue weighted by Crippen LogP contribution is 2.44. The zero-order valence-electron chi connectivity index (χ0n) is 17.4. The molecular formula is C23H25ClN2O4S. The van der Waals surface area contributed by atoms with E-state index in [1.54, 1.807) is 31.4 Å². The van der Waals surface area contributed by atoms with Gasteiger partial charge in [0.1, 0.15) is 11.5 Å². The molecule has 2 amide bonds. The van der Waals surface area contributed by atoms with Crippen LogP contribution in [0.1, 0.15) is 23.2 Å². The first-order chi connectivity index (χ1) is 15.0. The van der Waals surface area contributed by atoms with Gasteiger partial charge in [-0.1, -0.05) is 11.6 Å². The van der Waals surface area contributed by atoms with Crippen LogP contribution in [0, 0.1) is 0 Å². The maximum absolute atomic E-state index is 13.2. The van der Waals surface area contributed by atoms with Crippen LogP contribution in [0.3, 0.4) is 0 Å². The summed E-state index contributed by atoms with van der Waals surface area (Å²) in [5.74, 6) is 2.26. The molecule has 31 heavy (non-hydrogen) atoms. The molecule has 0 atom stereocenters. The molecule has 0 aliphatic carbocycles. The molecule has 8 heteroatoms. The van der Waals surface area contributed by atoms with Crippen molar-refractivity contribution < 1.29 is 19.1 Å². The molecule has 0 N–H and O–H groups in total. The van der Waals surface area contributed by atoms with Crippen LogP contribution >= 0.6 is 23.4 Å². The van der Waals surface area contributed by atoms with Crippen molar-refractivity contribution in [1.29, 1.82) is 0 Å². The Morgan fingerprint density at radius 3 is 2.29 bits per heavy atom. The van der Waals surface area contributed by atoms with E-state index in [1.165, 1.54) is 0 Å². The molecule has 2 heterocycles. The van der Waals surface area contributed by atoms with Crippen LogP contribution in [-0.2, 0) is 4.79 Å². The number of carbonyl (C=O) groups is 2. The van der Waals surface area contributed by atoms with Gasteiger partial charge in [-0.15, -0.1) is 11.8 Å². The second-order valence-electron chi connectivity index (χ2n) is 7.60. The first kappa shape index (κ1) is 21.8. The van der Waals surface area contributed by atoms with Crippen molar-refractivity contribution in [3.05, 3.63) is 59.1 Å². The summed E-state index contributed by atoms with van der Waals surface area (Å²) in [6, 6.07) is 14.2. The fourth-order valence-corrected chi connectivity index (χ4v) is 5.65. The number of nitrogens with zero attached hydrogens (tertiary/aromatic N) is 2. The molecule has 2 aromatic carbocycles. The molecule has 2 aliphatic rings. The van der Waals surface area contributed by atoms with Gasteiger partial charge >= 0.3 is 0 Å². The van der Waals surface area contributed by atoms with E-state index in [9.17, 15) is 9.59 Å². The lowest BCUT2D eigenvalue weighted by molar-refractivity contribution is -0.135. The second-order valence-corrected chi connectivity index (χ2v) is 9.50. The Bertz CT molecular complexity index is 928. The Balaban J connectivity index is 1.35. The highest BCUT2D eigenvalue weighted by atomic mass is 35.5. The SMILES string of the molecule is COc1ccc(C(=O)N2CCSC23CCN(C(=O)COc2ccc(Cl)cc2)CC3)cc1. The van der Waals surface area contributed by atoms with E-state index in [-0.39, 0.29) is 23.3 Å². The third-order valence-electron chi connectivity index (χ3n) is 5.83. The lowest BCUT2D eigenvalue weighted by Gasteiger charge is -2.44. The van der Waals surface area contributed by atoms with Crippen molar-refractivity contribution in [3.8, 4) is 11.5 Å². The van der Waals surface area contributed by atoms with E-state index >= 15 is 0 Å². The maximum Gasteiger partial charge on any atom is 0.260 e. The number of amides is 2. The average Bonchev–Trinajstić information content (AvgIpc) is 3.21. The number of hydrogen-bond donors (Lipinski definition) is 0. The van der Waals surface area contributed by atoms with Crippen LogP contribution in [0.15, 0.2) is 48.5 Å². The number of halogens is 1. The van der Waals surface area contributed by atoms with E-state index in [2.05, 4.69) is 0 Å². The molecule has 0 radical (unpaired) electrons. The first-order valence-electron chi connectivity index (χ1n) is 10.3. The van der Waals surface area contributed by atoms with Gasteiger partial charge in [0.15, 0.2) is 6.61 Å². The molecule has 2 aliphatic heterocycles. The van der Waals surface area contributed by atoms with Crippen LogP contribution in [0.25, 0.3) is 0 Å². The maximum atomic E-state index is 13.2. The summed E-state index contributed by atoms with van der Waals surface area (Å²) >= 11 is 7.70. The van der Waals surface area contributed by atoms with Gasteiger partial charge in [-0.3, -0.25) is 9.59 Å². The number of carbonyl (C=O) groups excluding carboxylic acids is 2. The van der Waals surface area contributed by atoms with Crippen molar-refractivity contribution >= 4 is 35.2 Å². The minimum atomic E-state index is -0.245. The zero-order valence-corrected chi connectivity index (χ0v) is 19.0. The highest BCUT2D eigenvalue weighted by Gasteiger charge is 2.47. The number of piperidine rings is 1. The van der Waals surface area contributed by atoms with E-state index in [1.807, 2.05) is 45.8 Å². The zero-order chi connectivity index (χ0) is 21.8. The number of methoxy groups -OCH3 is 1. The summed E-state index contributed by atoms with van der Waals surface area (Å²) in [7, 11) is 1.61. The summed E-state index contributed by atoms with van der Waals surface area (Å²) < 4.78 is 10.8. The third kappa shape index (κ3) is 4.77. The quantitative estimate of drug-likeness (QED) is 0.676. The van der Waals surface area contributed by atoms with Crippen molar-refractivity contribution in [1.82, 2.24) is 9.80 Å². The minimum Gasteiger partial charge on any atom is -0.497 e. The van der Waals surface area contributed by atoms with Crippen molar-refractivity contribution in [3.63, 3.8) is 0 Å². The predicted molar refractivity (Wildman–Crippen MR) is 122 cm³/mol. The Labute approximate surface area is 191 Å². The molecule has 6 nitrogen and oxygen atoms in total. The van der Waals surface area contributed by atoms with Crippen LogP contribution in [-0.4, -0.2) is 65.6 Å². The lowest BCUT2D eigenvalue weighted by atomic mass is 10.0. The van der Waals surface area contributed by atoms with Crippen LogP contribution in [0.5, 0.6) is 11.5 Å². The standard InChI is InChI=1S/C23H25ClN2O4S/c1-29-19-6-2-17(3-7-19)22(28)26-14-15-31-23(26)10-12-25(13-11-23)21(27)16-30-20-8-4-18(24)5-9-20/h2-9H,10-16H2,1H3. The average molecular weight is 461 g/mol. The molecule has 0 saturated carbocycles. The number of likely N-dealkylation sites (tertiary alicyclic amines) is 1. The van der Waals surface area contributed by atoms with Gasteiger partial charge in [0.05, 0.1) is 12.0 Å². The number of ether oxygens (including phenoxy) is 2. The molecule has 2 aromatic rings. The Morgan fingerprint density at radius 1 is 1.00 bits per heavy atom. The number of hydrogen-bond acceptors (Lipinski definition) is 5. The predicted octanol–water partition coefficient (Wildman–Crippen LogP) is 3.94. The molecule has 0 bridgehead atoms. The van der Waals surface area contributed by atoms with Gasteiger partial charge in [0.25, 0.3) is 11.8 Å². The monoisotopic (exact) mass is 460 g/mol. The Kier molecular flexibility index (Phi) is 6.62. The molecule has 164 valence electrons. The molecule has 1 spiro atoms. The highest BCUT2D eigenvalue weighted by molar-refractivity contribution is 8.00. The van der Waals surface area contributed by atoms with Gasteiger partial charge in [-0.2, -0.15) is 0 Å². The fraction of sp³-hybridized carbons (Fsp3) is 0.391. The van der Waals surface area contributed by atoms with Gasteiger partial charge in [-0.05, 0) is 61.4 Å². The van der Waals surface area contributed by atoms with Crippen LogP contribution in [0.2, 0.25) is 5.02 Å². The summed E-state index contributed by atoms with van der Waals surface area (Å²) in [6.07, 6.45) is 1.51. The van der Waals surface area contributed by atoms with Crippen molar-refractivity contribution in [2.24, 2.45) is 0 Å². The molecule has 2 saturated heterocycles. The van der Waals surface area contributed by atoms with Crippen LogP contribution < -0.4 is 9.47 Å². The topological polar surface area (TPSA) is 59.1 Å². The summed E-state index contributed by atoms with van der Waals surface area (Å²) in [6.45, 7) is 1.95. The first-order valence-corrected chi connectivity index (χ1v) is 11.6. The van der Waals surface area contributed by atoms with Gasteiger partial charge in [0.2, 0.25) is 0 Å². The Hall–Kier alpha value is -2.38. The number of thioether (sulfide) groups is 1. The van der Waals surface area contributed by atoms with Gasteiger partial charge < -0.3 is 19.3 Å². The Morgan fingerprint density at radius 2 is 1.65 bits per heavy atom. The lowest BCUT2D eigenvalue weighted by Crippen LogP contribution is -2.54. The van der Waals surface area contributed by atoms with E-state index in [4.69, 9.17) is 21.1 Å². The largest absolute Gasteiger partial charge is 0.497 e. The smallest absolute Gasteiger partial charge is 0.260 e. The molecule has 0 aromatic heterocycles. The van der Waals surface area contributed by atoms with E-state index < -0.39 is 0 Å². The number of rotatable bonds is 5. The normalized spacial score (nSPS) is 17.6. The second kappa shape index (κ2) is 9.40. The summed E-state index contributed by atoms with van der Waals surface area (Å²) in [4.78, 5) is 29.4. The molecular weight excluding hydrogens is 436 g/mol. The van der Waals surface area contributed by atoms with Crippen molar-refractivity contribution in [2.75, 3.05) is 39.1 Å². The molecule has 4 rings (SSSR count). The third-order valence-corrected chi connectivity index (χ3v) is 7.64. The molecule has 2 fully saturated rings. The van der Waals surface area contributed by atoms with Crippen LogP contribution in [0.4, 0.5) is 0 Å². The van der Waals surface area contributed by atoms with Crippen molar-refractivity contribution in [2.45, 2.75) is 17.7 Å². The van der Waals surface area contributed by atoms with E-state index in [0.29, 0.717) is 29.4 Å². The van der Waals surface area contributed by atoms with E-state index in [0.717, 1.165) is 30.9 Å². The minimum absolute atomic E-state index is 0.00370. The molecule has 0 unspecified atom stereocenters. The summed E-state index contributed by atoms with van der Waals surface area (Å²) in [5.41, 5.74) is 0.664. The summed E-state index contributed by atoms with van der Waals surface area (Å²) in [5, 5.41) is 0.628.